The van der Waals surface area contributed by atoms with Gasteiger partial charge in [0.05, 0.1) is 5.52 Å². The van der Waals surface area contributed by atoms with E-state index in [1.807, 2.05) is 38.2 Å². The van der Waals surface area contributed by atoms with Gasteiger partial charge in [0.2, 0.25) is 10.0 Å². The molecule has 0 saturated carbocycles. The Balaban J connectivity index is 1.51. The molecule has 3 aromatic rings. The van der Waals surface area contributed by atoms with Crippen molar-refractivity contribution in [1.82, 2.24) is 19.2 Å². The van der Waals surface area contributed by atoms with Gasteiger partial charge in [0, 0.05) is 56.2 Å². The van der Waals surface area contributed by atoms with Crippen LogP contribution in [0.5, 0.6) is 0 Å². The Labute approximate surface area is 165 Å². The van der Waals surface area contributed by atoms with Gasteiger partial charge in [-0.25, -0.2) is 8.42 Å². The maximum absolute atomic E-state index is 13.3. The minimum atomic E-state index is -3.57. The summed E-state index contributed by atoms with van der Waals surface area (Å²) in [7, 11) is -3.57. The molecule has 0 bridgehead atoms. The molecule has 6 nitrogen and oxygen atoms in total. The van der Waals surface area contributed by atoms with E-state index in [1.54, 1.807) is 22.6 Å². The van der Waals surface area contributed by atoms with Crippen LogP contribution in [0.15, 0.2) is 53.7 Å². The van der Waals surface area contributed by atoms with Crippen molar-refractivity contribution in [2.75, 3.05) is 26.2 Å². The summed E-state index contributed by atoms with van der Waals surface area (Å²) < 4.78 is 28.1. The second-order valence-electron chi connectivity index (χ2n) is 7.33. The van der Waals surface area contributed by atoms with Crippen LogP contribution in [0.3, 0.4) is 0 Å². The molecule has 4 rings (SSSR count). The lowest BCUT2D eigenvalue weighted by Gasteiger charge is -2.34. The molecule has 1 aliphatic heterocycles. The van der Waals surface area contributed by atoms with Crippen LogP contribution < -0.4 is 0 Å². The van der Waals surface area contributed by atoms with Crippen molar-refractivity contribution in [2.45, 2.75) is 25.3 Å². The van der Waals surface area contributed by atoms with E-state index in [1.165, 1.54) is 5.56 Å². The molecule has 0 aliphatic carbocycles. The number of fused-ring (bicyclic) bond motifs is 1. The number of nitrogens with zero attached hydrogens (tertiary/aromatic N) is 4. The number of sulfonamides is 1. The molecule has 0 atom stereocenters. The predicted molar refractivity (Wildman–Crippen MR) is 109 cm³/mol. The van der Waals surface area contributed by atoms with E-state index < -0.39 is 10.0 Å². The Kier molecular flexibility index (Phi) is 5.14. The summed E-state index contributed by atoms with van der Waals surface area (Å²) in [5, 5.41) is 0.854. The zero-order valence-electron chi connectivity index (χ0n) is 16.2. The van der Waals surface area contributed by atoms with Gasteiger partial charge in [0.1, 0.15) is 4.90 Å². The molecular weight excluding hydrogens is 372 g/mol. The third-order valence-corrected chi connectivity index (χ3v) is 7.06. The number of benzene rings is 1. The average Bonchev–Trinajstić information content (AvgIpc) is 2.68. The summed E-state index contributed by atoms with van der Waals surface area (Å²) >= 11 is 0. The fraction of sp³-hybridized carbons (Fsp3) is 0.333. The quantitative estimate of drug-likeness (QED) is 0.678. The molecule has 146 valence electrons. The van der Waals surface area contributed by atoms with E-state index in [2.05, 4.69) is 20.9 Å². The zero-order valence-corrected chi connectivity index (χ0v) is 17.0. The number of aromatic nitrogens is 2. The molecule has 3 heterocycles. The van der Waals surface area contributed by atoms with Crippen molar-refractivity contribution < 1.29 is 8.42 Å². The molecule has 1 saturated heterocycles. The highest BCUT2D eigenvalue weighted by Gasteiger charge is 2.30. The van der Waals surface area contributed by atoms with Crippen LogP contribution >= 0.6 is 0 Å². The number of para-hydroxylation sites is 1. The summed E-state index contributed by atoms with van der Waals surface area (Å²) in [5.41, 5.74) is 3.76. The van der Waals surface area contributed by atoms with Gasteiger partial charge >= 0.3 is 0 Å². The predicted octanol–water partition coefficient (Wildman–Crippen LogP) is 2.75. The maximum atomic E-state index is 13.3. The van der Waals surface area contributed by atoms with Crippen LogP contribution in [0.2, 0.25) is 0 Å². The van der Waals surface area contributed by atoms with Gasteiger partial charge < -0.3 is 0 Å². The fourth-order valence-electron chi connectivity index (χ4n) is 3.68. The van der Waals surface area contributed by atoms with Crippen molar-refractivity contribution in [3.63, 3.8) is 0 Å². The van der Waals surface area contributed by atoms with Crippen molar-refractivity contribution in [3.8, 4) is 0 Å². The van der Waals surface area contributed by atoms with Gasteiger partial charge in [0.25, 0.3) is 0 Å². The smallest absolute Gasteiger partial charge is 0.245 e. The standard InChI is InChI=1S/C21H24N4O2S/c1-16-12-19-4-3-5-20(21(19)23-14-16)28(26,27)25-10-8-24(9-11-25)15-18-6-7-22-17(2)13-18/h3-7,12-14H,8-11,15H2,1-2H3. The topological polar surface area (TPSA) is 66.4 Å². The molecular formula is C21H24N4O2S. The first-order chi connectivity index (χ1) is 13.4. The van der Waals surface area contributed by atoms with Gasteiger partial charge in [-0.1, -0.05) is 12.1 Å². The van der Waals surface area contributed by atoms with Crippen molar-refractivity contribution >= 4 is 20.9 Å². The SMILES string of the molecule is Cc1cnc2c(S(=O)(=O)N3CCN(Cc4ccnc(C)c4)CC3)cccc2c1. The van der Waals surface area contributed by atoms with E-state index in [0.29, 0.717) is 36.6 Å². The van der Waals surface area contributed by atoms with Crippen molar-refractivity contribution in [2.24, 2.45) is 0 Å². The molecule has 2 aromatic heterocycles. The molecule has 1 fully saturated rings. The Hall–Kier alpha value is -2.35. The molecule has 7 heteroatoms. The first kappa shape index (κ1) is 19.0. The average molecular weight is 397 g/mol. The molecule has 1 aliphatic rings. The largest absolute Gasteiger partial charge is 0.296 e. The van der Waals surface area contributed by atoms with Gasteiger partial charge in [-0.05, 0) is 49.2 Å². The summed E-state index contributed by atoms with van der Waals surface area (Å²) in [5.74, 6) is 0. The van der Waals surface area contributed by atoms with Crippen LogP contribution in [0.1, 0.15) is 16.8 Å². The lowest BCUT2D eigenvalue weighted by Crippen LogP contribution is -2.48. The number of piperazine rings is 1. The van der Waals surface area contributed by atoms with Crippen LogP contribution in [-0.2, 0) is 16.6 Å². The van der Waals surface area contributed by atoms with E-state index in [4.69, 9.17) is 0 Å². The fourth-order valence-corrected chi connectivity index (χ4v) is 5.27. The van der Waals surface area contributed by atoms with Gasteiger partial charge in [-0.15, -0.1) is 0 Å². The highest BCUT2D eigenvalue weighted by Crippen LogP contribution is 2.25. The molecule has 28 heavy (non-hydrogen) atoms. The highest BCUT2D eigenvalue weighted by atomic mass is 32.2. The summed E-state index contributed by atoms with van der Waals surface area (Å²) in [4.78, 5) is 11.2. The second-order valence-corrected chi connectivity index (χ2v) is 9.23. The Morgan fingerprint density at radius 3 is 2.54 bits per heavy atom. The van der Waals surface area contributed by atoms with Gasteiger partial charge in [0.15, 0.2) is 0 Å². The second kappa shape index (κ2) is 7.58. The highest BCUT2D eigenvalue weighted by molar-refractivity contribution is 7.89. The summed E-state index contributed by atoms with van der Waals surface area (Å²) in [6, 6.07) is 11.4. The van der Waals surface area contributed by atoms with Gasteiger partial charge in [-0.3, -0.25) is 14.9 Å². The number of rotatable bonds is 4. The van der Waals surface area contributed by atoms with E-state index >= 15 is 0 Å². The molecule has 0 unspecified atom stereocenters. The molecule has 0 radical (unpaired) electrons. The minimum Gasteiger partial charge on any atom is -0.296 e. The van der Waals surface area contributed by atoms with E-state index in [9.17, 15) is 8.42 Å². The first-order valence-corrected chi connectivity index (χ1v) is 10.9. The van der Waals surface area contributed by atoms with Crippen molar-refractivity contribution in [3.05, 3.63) is 65.6 Å². The minimum absolute atomic E-state index is 0.295. The maximum Gasteiger partial charge on any atom is 0.245 e. The van der Waals surface area contributed by atoms with Crippen LogP contribution in [0.4, 0.5) is 0 Å². The summed E-state index contributed by atoms with van der Waals surface area (Å²) in [6.07, 6.45) is 3.54. The Bertz CT molecular complexity index is 1110. The number of hydrogen-bond donors (Lipinski definition) is 0. The van der Waals surface area contributed by atoms with E-state index in [0.717, 1.165) is 23.2 Å². The molecule has 0 spiro atoms. The normalized spacial score (nSPS) is 16.5. The van der Waals surface area contributed by atoms with Crippen LogP contribution in [0.25, 0.3) is 10.9 Å². The molecule has 0 N–H and O–H groups in total. The molecule has 0 amide bonds. The van der Waals surface area contributed by atoms with Crippen LogP contribution in [0, 0.1) is 13.8 Å². The lowest BCUT2D eigenvalue weighted by molar-refractivity contribution is 0.181. The third kappa shape index (κ3) is 3.78. The first-order valence-electron chi connectivity index (χ1n) is 9.43. The number of pyridine rings is 2. The number of hydrogen-bond acceptors (Lipinski definition) is 5. The number of aryl methyl sites for hydroxylation is 2. The molecule has 1 aromatic carbocycles. The van der Waals surface area contributed by atoms with Crippen LogP contribution in [-0.4, -0.2) is 53.8 Å². The van der Waals surface area contributed by atoms with E-state index in [-0.39, 0.29) is 0 Å². The summed E-state index contributed by atoms with van der Waals surface area (Å²) in [6.45, 7) is 7.12. The Morgan fingerprint density at radius 1 is 1.00 bits per heavy atom. The third-order valence-electron chi connectivity index (χ3n) is 5.13. The lowest BCUT2D eigenvalue weighted by atomic mass is 10.2. The van der Waals surface area contributed by atoms with Crippen molar-refractivity contribution in [1.29, 1.82) is 0 Å². The monoisotopic (exact) mass is 396 g/mol. The van der Waals surface area contributed by atoms with Gasteiger partial charge in [-0.2, -0.15) is 4.31 Å². The Morgan fingerprint density at radius 2 is 1.79 bits per heavy atom. The zero-order chi connectivity index (χ0) is 19.7.